The molecule has 1 aromatic rings. The third kappa shape index (κ3) is 2.91. The van der Waals surface area contributed by atoms with Crippen molar-refractivity contribution in [1.82, 2.24) is 15.0 Å². The molecule has 7 heteroatoms. The highest BCUT2D eigenvalue weighted by molar-refractivity contribution is 7.90. The minimum atomic E-state index is -1.20. The lowest BCUT2D eigenvalue weighted by Gasteiger charge is -2.40. The van der Waals surface area contributed by atoms with E-state index in [-0.39, 0.29) is 21.9 Å². The Balaban J connectivity index is 1.97. The number of H-pyrrole nitrogens is 1. The van der Waals surface area contributed by atoms with E-state index in [1.54, 1.807) is 6.20 Å². The van der Waals surface area contributed by atoms with Gasteiger partial charge >= 0.3 is 5.97 Å². The highest BCUT2D eigenvalue weighted by Crippen LogP contribution is 2.52. The maximum Gasteiger partial charge on any atom is 0.352 e. The van der Waals surface area contributed by atoms with Crippen LogP contribution in [0.15, 0.2) is 6.20 Å². The lowest BCUT2D eigenvalue weighted by atomic mass is 9.73. The zero-order valence-electron chi connectivity index (χ0n) is 13.9. The molecule has 4 N–H and O–H groups in total. The van der Waals surface area contributed by atoms with Gasteiger partial charge in [0, 0.05) is 23.0 Å². The second-order valence-electron chi connectivity index (χ2n) is 7.62. The SMILES string of the molecule is CC(C)(C)[S+]([O-])N[C@@H]1c2c[nH]c(C(=O)O)c2CC12CCNCC2. The number of carboxylic acids is 1. The maximum absolute atomic E-state index is 12.7. The molecule has 0 aromatic carbocycles. The number of fused-ring (bicyclic) bond motifs is 1. The molecule has 0 saturated carbocycles. The quantitative estimate of drug-likeness (QED) is 0.629. The first kappa shape index (κ1) is 16.8. The first-order chi connectivity index (χ1) is 10.7. The summed E-state index contributed by atoms with van der Waals surface area (Å²) in [6.45, 7) is 7.66. The molecule has 6 nitrogen and oxygen atoms in total. The molecule has 1 saturated heterocycles. The Kier molecular flexibility index (Phi) is 4.25. The van der Waals surface area contributed by atoms with Crippen LogP contribution in [0, 0.1) is 5.41 Å². The van der Waals surface area contributed by atoms with Crippen molar-refractivity contribution in [2.24, 2.45) is 5.41 Å². The van der Waals surface area contributed by atoms with Gasteiger partial charge in [0.2, 0.25) is 0 Å². The van der Waals surface area contributed by atoms with Gasteiger partial charge in [-0.1, -0.05) is 0 Å². The van der Waals surface area contributed by atoms with Gasteiger partial charge in [-0.3, -0.25) is 0 Å². The molecule has 1 unspecified atom stereocenters. The van der Waals surface area contributed by atoms with Gasteiger partial charge in [-0.25, -0.2) is 4.79 Å². The van der Waals surface area contributed by atoms with Crippen molar-refractivity contribution in [3.05, 3.63) is 23.0 Å². The number of hydrogen-bond donors (Lipinski definition) is 4. The number of rotatable bonds is 3. The van der Waals surface area contributed by atoms with Crippen molar-refractivity contribution in [3.63, 3.8) is 0 Å². The van der Waals surface area contributed by atoms with Crippen LogP contribution in [0.4, 0.5) is 0 Å². The van der Waals surface area contributed by atoms with Crippen molar-refractivity contribution in [2.45, 2.75) is 50.8 Å². The van der Waals surface area contributed by atoms with Gasteiger partial charge in [-0.15, -0.1) is 4.72 Å². The molecule has 0 radical (unpaired) electrons. The number of hydrogen-bond acceptors (Lipinski definition) is 4. The molecule has 0 bridgehead atoms. The number of aromatic amines is 1. The largest absolute Gasteiger partial charge is 0.598 e. The average Bonchev–Trinajstić information content (AvgIpc) is 2.97. The van der Waals surface area contributed by atoms with Crippen molar-refractivity contribution in [2.75, 3.05) is 13.1 Å². The monoisotopic (exact) mass is 339 g/mol. The lowest BCUT2D eigenvalue weighted by Crippen LogP contribution is -2.49. The van der Waals surface area contributed by atoms with Gasteiger partial charge in [-0.05, 0) is 64.3 Å². The summed E-state index contributed by atoms with van der Waals surface area (Å²) in [5.74, 6) is -0.923. The second-order valence-corrected chi connectivity index (χ2v) is 9.62. The Morgan fingerprint density at radius 3 is 2.65 bits per heavy atom. The molecule has 1 fully saturated rings. The van der Waals surface area contributed by atoms with E-state index in [0.29, 0.717) is 0 Å². The minimum Gasteiger partial charge on any atom is -0.598 e. The van der Waals surface area contributed by atoms with Crippen molar-refractivity contribution in [1.29, 1.82) is 0 Å². The Bertz CT molecular complexity index is 602. The summed E-state index contributed by atoms with van der Waals surface area (Å²) in [7, 11) is 0. The van der Waals surface area contributed by atoms with Crippen LogP contribution in [0.3, 0.4) is 0 Å². The van der Waals surface area contributed by atoms with E-state index in [4.69, 9.17) is 0 Å². The molecule has 1 aliphatic heterocycles. The Morgan fingerprint density at radius 1 is 1.43 bits per heavy atom. The summed E-state index contributed by atoms with van der Waals surface area (Å²) in [6.07, 6.45) is 4.43. The number of aromatic nitrogens is 1. The zero-order valence-corrected chi connectivity index (χ0v) is 14.7. The third-order valence-corrected chi connectivity index (χ3v) is 6.63. The molecule has 2 heterocycles. The highest BCUT2D eigenvalue weighted by atomic mass is 32.2. The van der Waals surface area contributed by atoms with E-state index in [2.05, 4.69) is 15.0 Å². The summed E-state index contributed by atoms with van der Waals surface area (Å²) in [5, 5.41) is 12.8. The van der Waals surface area contributed by atoms with E-state index in [0.717, 1.165) is 43.5 Å². The number of carboxylic acid groups (broad SMARTS) is 1. The molecule has 0 amide bonds. The standard InChI is InChI=1S/C16H25N3O3S/c1-15(2,3)23(22)19-13-11-9-18-12(14(20)21)10(11)8-16(13)4-6-17-7-5-16/h9,13,17-19H,4-8H2,1-3H3,(H,20,21)/t13-,23?/m1/s1. The first-order valence-electron chi connectivity index (χ1n) is 8.07. The van der Waals surface area contributed by atoms with Crippen molar-refractivity contribution in [3.8, 4) is 0 Å². The fourth-order valence-corrected chi connectivity index (χ4v) is 4.70. The average molecular weight is 339 g/mol. The van der Waals surface area contributed by atoms with Crippen LogP contribution in [-0.4, -0.2) is 38.4 Å². The number of aromatic carboxylic acids is 1. The molecule has 128 valence electrons. The zero-order chi connectivity index (χ0) is 16.8. The number of nitrogens with one attached hydrogen (secondary N) is 3. The van der Waals surface area contributed by atoms with Gasteiger partial charge < -0.3 is 20.0 Å². The van der Waals surface area contributed by atoms with E-state index in [9.17, 15) is 14.5 Å². The Hall–Kier alpha value is -1.02. The Morgan fingerprint density at radius 2 is 2.09 bits per heavy atom. The van der Waals surface area contributed by atoms with Gasteiger partial charge in [0.05, 0.1) is 6.04 Å². The van der Waals surface area contributed by atoms with Gasteiger partial charge in [0.15, 0.2) is 0 Å². The normalized spacial score (nSPS) is 24.6. The van der Waals surface area contributed by atoms with E-state index < -0.39 is 17.3 Å². The smallest absolute Gasteiger partial charge is 0.352 e. The Labute approximate surface area is 139 Å². The van der Waals surface area contributed by atoms with Gasteiger partial charge in [0.25, 0.3) is 0 Å². The van der Waals surface area contributed by atoms with E-state index in [1.165, 1.54) is 0 Å². The third-order valence-electron chi connectivity index (χ3n) is 5.07. The topological polar surface area (TPSA) is 100 Å². The fraction of sp³-hybridized carbons (Fsp3) is 0.688. The van der Waals surface area contributed by atoms with Crippen molar-refractivity contribution < 1.29 is 14.5 Å². The number of carbonyl (C=O) groups is 1. The fourth-order valence-electron chi connectivity index (χ4n) is 3.75. The van der Waals surface area contributed by atoms with Crippen LogP contribution in [-0.2, 0) is 17.8 Å². The van der Waals surface area contributed by atoms with Crippen LogP contribution in [0.5, 0.6) is 0 Å². The maximum atomic E-state index is 12.7. The molecule has 3 rings (SSSR count). The lowest BCUT2D eigenvalue weighted by molar-refractivity contribution is 0.0689. The highest BCUT2D eigenvalue weighted by Gasteiger charge is 2.51. The molecule has 2 aliphatic rings. The molecule has 23 heavy (non-hydrogen) atoms. The van der Waals surface area contributed by atoms with Crippen LogP contribution < -0.4 is 10.0 Å². The molecular weight excluding hydrogens is 314 g/mol. The summed E-state index contributed by atoms with van der Waals surface area (Å²) in [5.41, 5.74) is 2.09. The molecule has 2 atom stereocenters. The first-order valence-corrected chi connectivity index (χ1v) is 9.22. The summed E-state index contributed by atoms with van der Waals surface area (Å²) in [4.78, 5) is 14.3. The van der Waals surface area contributed by atoms with Gasteiger partial charge in [-0.2, -0.15) is 0 Å². The summed E-state index contributed by atoms with van der Waals surface area (Å²) in [6, 6.07) is -0.0657. The van der Waals surface area contributed by atoms with Crippen molar-refractivity contribution >= 4 is 17.3 Å². The molecular formula is C16H25N3O3S. The van der Waals surface area contributed by atoms with Crippen LogP contribution in [0.25, 0.3) is 0 Å². The molecule has 1 aliphatic carbocycles. The second kappa shape index (κ2) is 5.81. The van der Waals surface area contributed by atoms with Crippen LogP contribution in [0.1, 0.15) is 61.3 Å². The minimum absolute atomic E-state index is 0.0455. The van der Waals surface area contributed by atoms with Crippen LogP contribution in [0.2, 0.25) is 0 Å². The van der Waals surface area contributed by atoms with E-state index >= 15 is 0 Å². The van der Waals surface area contributed by atoms with E-state index in [1.807, 2.05) is 20.8 Å². The summed E-state index contributed by atoms with van der Waals surface area (Å²) >= 11 is -1.20. The van der Waals surface area contributed by atoms with Gasteiger partial charge in [0.1, 0.15) is 10.4 Å². The molecule has 1 spiro atoms. The van der Waals surface area contributed by atoms with Crippen LogP contribution >= 0.6 is 0 Å². The predicted molar refractivity (Wildman–Crippen MR) is 89.8 cm³/mol. The summed E-state index contributed by atoms with van der Waals surface area (Å²) < 4.78 is 15.6. The number of piperidine rings is 1. The molecule has 1 aromatic heterocycles. The predicted octanol–water partition coefficient (Wildman–Crippen LogP) is 1.73.